The SMILES string of the molecule is CCCn1cnnc1CCC(C)C. The lowest BCUT2D eigenvalue weighted by Crippen LogP contribution is -2.04. The van der Waals surface area contributed by atoms with Crippen LogP contribution in [0.15, 0.2) is 6.33 Å². The van der Waals surface area contributed by atoms with Gasteiger partial charge < -0.3 is 4.57 Å². The van der Waals surface area contributed by atoms with Crippen molar-refractivity contribution in [2.75, 3.05) is 0 Å². The van der Waals surface area contributed by atoms with Crippen molar-refractivity contribution in [1.82, 2.24) is 14.8 Å². The van der Waals surface area contributed by atoms with Gasteiger partial charge in [-0.2, -0.15) is 0 Å². The Balaban J connectivity index is 2.49. The Kier molecular flexibility index (Phi) is 3.93. The molecule has 1 aromatic rings. The van der Waals surface area contributed by atoms with Gasteiger partial charge in [-0.15, -0.1) is 10.2 Å². The molecule has 13 heavy (non-hydrogen) atoms. The zero-order valence-corrected chi connectivity index (χ0v) is 8.82. The van der Waals surface area contributed by atoms with E-state index >= 15 is 0 Å². The van der Waals surface area contributed by atoms with Crippen LogP contribution in [0.25, 0.3) is 0 Å². The number of hydrogen-bond acceptors (Lipinski definition) is 2. The summed E-state index contributed by atoms with van der Waals surface area (Å²) in [6.07, 6.45) is 5.23. The predicted octanol–water partition coefficient (Wildman–Crippen LogP) is 2.28. The Bertz CT molecular complexity index is 240. The number of rotatable bonds is 5. The van der Waals surface area contributed by atoms with E-state index in [1.54, 1.807) is 0 Å². The van der Waals surface area contributed by atoms with Crippen molar-refractivity contribution in [3.05, 3.63) is 12.2 Å². The van der Waals surface area contributed by atoms with Crippen LogP contribution in [-0.2, 0) is 13.0 Å². The topological polar surface area (TPSA) is 30.7 Å². The summed E-state index contributed by atoms with van der Waals surface area (Å²) in [6.45, 7) is 7.69. The van der Waals surface area contributed by atoms with Gasteiger partial charge in [0.1, 0.15) is 12.2 Å². The second-order valence-corrected chi connectivity index (χ2v) is 3.87. The van der Waals surface area contributed by atoms with Crippen LogP contribution in [0.5, 0.6) is 0 Å². The summed E-state index contributed by atoms with van der Waals surface area (Å²) in [5, 5.41) is 8.05. The number of aromatic nitrogens is 3. The summed E-state index contributed by atoms with van der Waals surface area (Å²) in [7, 11) is 0. The molecule has 0 aliphatic rings. The highest BCUT2D eigenvalue weighted by molar-refractivity contribution is 4.85. The number of aryl methyl sites for hydroxylation is 2. The van der Waals surface area contributed by atoms with Gasteiger partial charge in [0.05, 0.1) is 0 Å². The minimum absolute atomic E-state index is 0.742. The van der Waals surface area contributed by atoms with Gasteiger partial charge in [-0.05, 0) is 18.8 Å². The van der Waals surface area contributed by atoms with Crippen LogP contribution < -0.4 is 0 Å². The summed E-state index contributed by atoms with van der Waals surface area (Å²) >= 11 is 0. The summed E-state index contributed by atoms with van der Waals surface area (Å²) < 4.78 is 2.16. The molecule has 0 N–H and O–H groups in total. The Labute approximate surface area is 80.2 Å². The Morgan fingerprint density at radius 3 is 2.85 bits per heavy atom. The van der Waals surface area contributed by atoms with Crippen LogP contribution in [0.4, 0.5) is 0 Å². The maximum absolute atomic E-state index is 4.12. The summed E-state index contributed by atoms with van der Waals surface area (Å²) in [5.74, 6) is 1.88. The molecular formula is C10H19N3. The van der Waals surface area contributed by atoms with Gasteiger partial charge in [-0.25, -0.2) is 0 Å². The van der Waals surface area contributed by atoms with Crippen molar-refractivity contribution in [3.63, 3.8) is 0 Å². The van der Waals surface area contributed by atoms with Crippen molar-refractivity contribution in [3.8, 4) is 0 Å². The maximum atomic E-state index is 4.12. The van der Waals surface area contributed by atoms with E-state index in [9.17, 15) is 0 Å². The van der Waals surface area contributed by atoms with E-state index < -0.39 is 0 Å². The highest BCUT2D eigenvalue weighted by Gasteiger charge is 2.03. The van der Waals surface area contributed by atoms with Crippen molar-refractivity contribution in [2.24, 2.45) is 5.92 Å². The first-order valence-corrected chi connectivity index (χ1v) is 5.10. The van der Waals surface area contributed by atoms with Crippen molar-refractivity contribution < 1.29 is 0 Å². The minimum Gasteiger partial charge on any atom is -0.318 e. The molecule has 0 aliphatic heterocycles. The Morgan fingerprint density at radius 2 is 2.23 bits per heavy atom. The fourth-order valence-electron chi connectivity index (χ4n) is 1.32. The maximum Gasteiger partial charge on any atom is 0.132 e. The monoisotopic (exact) mass is 181 g/mol. The molecule has 0 saturated heterocycles. The van der Waals surface area contributed by atoms with Gasteiger partial charge in [0.15, 0.2) is 0 Å². The lowest BCUT2D eigenvalue weighted by Gasteiger charge is -2.05. The molecule has 0 atom stereocenters. The third-order valence-electron chi connectivity index (χ3n) is 2.11. The van der Waals surface area contributed by atoms with E-state index in [1.807, 2.05) is 6.33 Å². The molecule has 0 radical (unpaired) electrons. The van der Waals surface area contributed by atoms with Gasteiger partial charge in [0.25, 0.3) is 0 Å². The first-order valence-electron chi connectivity index (χ1n) is 5.10. The van der Waals surface area contributed by atoms with Crippen LogP contribution in [0.3, 0.4) is 0 Å². The quantitative estimate of drug-likeness (QED) is 0.697. The highest BCUT2D eigenvalue weighted by Crippen LogP contribution is 2.06. The smallest absolute Gasteiger partial charge is 0.132 e. The van der Waals surface area contributed by atoms with Gasteiger partial charge in [0, 0.05) is 13.0 Å². The van der Waals surface area contributed by atoms with Gasteiger partial charge >= 0.3 is 0 Å². The second kappa shape index (κ2) is 5.00. The van der Waals surface area contributed by atoms with Crippen LogP contribution in [0.2, 0.25) is 0 Å². The number of nitrogens with zero attached hydrogens (tertiary/aromatic N) is 3. The van der Waals surface area contributed by atoms with E-state index in [2.05, 4.69) is 35.5 Å². The van der Waals surface area contributed by atoms with Crippen LogP contribution in [-0.4, -0.2) is 14.8 Å². The van der Waals surface area contributed by atoms with E-state index in [4.69, 9.17) is 0 Å². The molecule has 1 aromatic heterocycles. The molecule has 1 rings (SSSR count). The zero-order valence-electron chi connectivity index (χ0n) is 8.82. The molecule has 0 spiro atoms. The molecular weight excluding hydrogens is 162 g/mol. The van der Waals surface area contributed by atoms with Gasteiger partial charge in [-0.1, -0.05) is 20.8 Å². The molecule has 3 nitrogen and oxygen atoms in total. The lowest BCUT2D eigenvalue weighted by atomic mass is 10.1. The summed E-state index contributed by atoms with van der Waals surface area (Å²) in [6, 6.07) is 0. The van der Waals surface area contributed by atoms with Crippen LogP contribution in [0.1, 0.15) is 39.4 Å². The molecule has 0 fully saturated rings. The zero-order chi connectivity index (χ0) is 9.68. The molecule has 74 valence electrons. The normalized spacial score (nSPS) is 11.1. The van der Waals surface area contributed by atoms with Crippen molar-refractivity contribution in [1.29, 1.82) is 0 Å². The fraction of sp³-hybridized carbons (Fsp3) is 0.800. The van der Waals surface area contributed by atoms with E-state index in [1.165, 1.54) is 6.42 Å². The Morgan fingerprint density at radius 1 is 1.46 bits per heavy atom. The van der Waals surface area contributed by atoms with Crippen LogP contribution in [0, 0.1) is 5.92 Å². The van der Waals surface area contributed by atoms with Gasteiger partial charge in [-0.3, -0.25) is 0 Å². The first kappa shape index (κ1) is 10.2. The molecule has 0 aromatic carbocycles. The molecule has 0 bridgehead atoms. The molecule has 3 heteroatoms. The predicted molar refractivity (Wildman–Crippen MR) is 53.5 cm³/mol. The van der Waals surface area contributed by atoms with Crippen molar-refractivity contribution in [2.45, 2.75) is 46.6 Å². The van der Waals surface area contributed by atoms with E-state index in [0.29, 0.717) is 0 Å². The molecule has 0 unspecified atom stereocenters. The molecule has 0 saturated carbocycles. The average molecular weight is 181 g/mol. The first-order chi connectivity index (χ1) is 6.24. The fourth-order valence-corrected chi connectivity index (χ4v) is 1.32. The second-order valence-electron chi connectivity index (χ2n) is 3.87. The standard InChI is InChI=1S/C10H19N3/c1-4-7-13-8-11-12-10(13)6-5-9(2)3/h8-9H,4-7H2,1-3H3. The minimum atomic E-state index is 0.742. The highest BCUT2D eigenvalue weighted by atomic mass is 15.3. The lowest BCUT2D eigenvalue weighted by molar-refractivity contribution is 0.549. The van der Waals surface area contributed by atoms with E-state index in [0.717, 1.165) is 31.1 Å². The number of hydrogen-bond donors (Lipinski definition) is 0. The third kappa shape index (κ3) is 3.17. The largest absolute Gasteiger partial charge is 0.318 e. The molecule has 0 amide bonds. The third-order valence-corrected chi connectivity index (χ3v) is 2.11. The molecule has 1 heterocycles. The van der Waals surface area contributed by atoms with Crippen LogP contribution >= 0.6 is 0 Å². The summed E-state index contributed by atoms with van der Waals surface area (Å²) in [4.78, 5) is 0. The van der Waals surface area contributed by atoms with Crippen molar-refractivity contribution >= 4 is 0 Å². The van der Waals surface area contributed by atoms with Gasteiger partial charge in [0.2, 0.25) is 0 Å². The average Bonchev–Trinajstić information content (AvgIpc) is 2.49. The van der Waals surface area contributed by atoms with E-state index in [-0.39, 0.29) is 0 Å². The summed E-state index contributed by atoms with van der Waals surface area (Å²) in [5.41, 5.74) is 0. The molecule has 0 aliphatic carbocycles. The Hall–Kier alpha value is -0.860.